The van der Waals surface area contributed by atoms with E-state index in [-0.39, 0.29) is 6.61 Å². The molecule has 0 spiro atoms. The number of nitrogens with zero attached hydrogens (tertiary/aromatic N) is 3. The molecule has 0 bridgehead atoms. The summed E-state index contributed by atoms with van der Waals surface area (Å²) in [5.74, 6) is 1.77. The van der Waals surface area contributed by atoms with Gasteiger partial charge in [-0.3, -0.25) is 4.90 Å². The van der Waals surface area contributed by atoms with Crippen LogP contribution in [0.4, 0.5) is 5.82 Å². The van der Waals surface area contributed by atoms with Crippen molar-refractivity contribution in [2.45, 2.75) is 20.4 Å². The molecule has 0 unspecified atom stereocenters. The lowest BCUT2D eigenvalue weighted by Gasteiger charge is -2.35. The molecular weight excluding hydrogens is 264 g/mol. The number of β-amino-alcohol motifs (C(OH)–C–C–N with tert-alkyl or cyclic N) is 1. The van der Waals surface area contributed by atoms with E-state index >= 15 is 0 Å². The molecule has 0 atom stereocenters. The van der Waals surface area contributed by atoms with Gasteiger partial charge in [0.25, 0.3) is 0 Å². The molecule has 1 aromatic rings. The maximum absolute atomic E-state index is 9.01. The average Bonchev–Trinajstić information content (AvgIpc) is 2.49. The van der Waals surface area contributed by atoms with Crippen molar-refractivity contribution in [1.82, 2.24) is 15.2 Å². The van der Waals surface area contributed by atoms with Gasteiger partial charge in [0.15, 0.2) is 0 Å². The highest BCUT2D eigenvalue weighted by Crippen LogP contribution is 2.18. The number of hydrogen-bond acceptors (Lipinski definition) is 5. The molecule has 5 heteroatoms. The Hall–Kier alpha value is -1.17. The lowest BCUT2D eigenvalue weighted by molar-refractivity contribution is 0.188. The van der Waals surface area contributed by atoms with Gasteiger partial charge in [-0.2, -0.15) is 0 Å². The van der Waals surface area contributed by atoms with Crippen LogP contribution in [0.15, 0.2) is 18.3 Å². The quantitative estimate of drug-likeness (QED) is 0.783. The summed E-state index contributed by atoms with van der Waals surface area (Å²) in [5.41, 5.74) is 1.27. The van der Waals surface area contributed by atoms with Crippen LogP contribution in [0.1, 0.15) is 19.4 Å². The van der Waals surface area contributed by atoms with E-state index in [4.69, 9.17) is 5.11 Å². The Balaban J connectivity index is 1.93. The van der Waals surface area contributed by atoms with Crippen molar-refractivity contribution in [3.05, 3.63) is 23.9 Å². The van der Waals surface area contributed by atoms with Gasteiger partial charge in [-0.1, -0.05) is 19.9 Å². The first-order valence-corrected chi connectivity index (χ1v) is 7.93. The van der Waals surface area contributed by atoms with Gasteiger partial charge in [-0.05, 0) is 18.5 Å². The minimum Gasteiger partial charge on any atom is -0.395 e. The van der Waals surface area contributed by atoms with Crippen molar-refractivity contribution < 1.29 is 5.11 Å². The van der Waals surface area contributed by atoms with Crippen LogP contribution in [0.25, 0.3) is 0 Å². The molecule has 0 amide bonds. The molecule has 2 N–H and O–H groups in total. The third-order valence-electron chi connectivity index (χ3n) is 3.82. The van der Waals surface area contributed by atoms with E-state index < -0.39 is 0 Å². The SMILES string of the molecule is CC(C)CNCc1cccnc1N1CCN(CCO)CC1. The number of rotatable bonds is 7. The normalized spacial score (nSPS) is 16.7. The van der Waals surface area contributed by atoms with Crippen molar-refractivity contribution in [3.8, 4) is 0 Å². The smallest absolute Gasteiger partial charge is 0.133 e. The lowest BCUT2D eigenvalue weighted by Crippen LogP contribution is -2.47. The van der Waals surface area contributed by atoms with Gasteiger partial charge in [0, 0.05) is 51.0 Å². The summed E-state index contributed by atoms with van der Waals surface area (Å²) in [7, 11) is 0. The summed E-state index contributed by atoms with van der Waals surface area (Å²) < 4.78 is 0. The van der Waals surface area contributed by atoms with Gasteiger partial charge in [0.2, 0.25) is 0 Å². The number of nitrogens with one attached hydrogen (secondary N) is 1. The first-order valence-electron chi connectivity index (χ1n) is 7.93. The van der Waals surface area contributed by atoms with Gasteiger partial charge >= 0.3 is 0 Å². The Morgan fingerprint density at radius 3 is 2.71 bits per heavy atom. The van der Waals surface area contributed by atoms with Gasteiger partial charge in [0.05, 0.1) is 6.61 Å². The zero-order valence-electron chi connectivity index (χ0n) is 13.3. The largest absolute Gasteiger partial charge is 0.395 e. The fraction of sp³-hybridized carbons (Fsp3) is 0.688. The predicted molar refractivity (Wildman–Crippen MR) is 86.5 cm³/mol. The second-order valence-electron chi connectivity index (χ2n) is 6.06. The van der Waals surface area contributed by atoms with E-state index in [0.717, 1.165) is 51.6 Å². The van der Waals surface area contributed by atoms with E-state index in [9.17, 15) is 0 Å². The van der Waals surface area contributed by atoms with Gasteiger partial charge in [-0.25, -0.2) is 4.98 Å². The second kappa shape index (κ2) is 8.32. The molecular formula is C16H28N4O. The first-order chi connectivity index (χ1) is 10.2. The summed E-state index contributed by atoms with van der Waals surface area (Å²) >= 11 is 0. The van der Waals surface area contributed by atoms with Crippen LogP contribution in [-0.2, 0) is 6.54 Å². The van der Waals surface area contributed by atoms with E-state index in [1.54, 1.807) is 0 Å². The monoisotopic (exact) mass is 292 g/mol. The van der Waals surface area contributed by atoms with Crippen molar-refractivity contribution in [1.29, 1.82) is 0 Å². The van der Waals surface area contributed by atoms with Gasteiger partial charge < -0.3 is 15.3 Å². The van der Waals surface area contributed by atoms with Gasteiger partial charge in [0.1, 0.15) is 5.82 Å². The standard InChI is InChI=1S/C16H28N4O/c1-14(2)12-17-13-15-4-3-5-18-16(15)20-8-6-19(7-9-20)10-11-21/h3-5,14,17,21H,6-13H2,1-2H3. The van der Waals surface area contributed by atoms with E-state index in [1.807, 2.05) is 12.3 Å². The molecule has 2 heterocycles. The molecule has 1 fully saturated rings. The molecule has 5 nitrogen and oxygen atoms in total. The Labute approximate surface area is 128 Å². The Morgan fingerprint density at radius 1 is 1.29 bits per heavy atom. The minimum atomic E-state index is 0.244. The molecule has 0 radical (unpaired) electrons. The molecule has 1 aliphatic heterocycles. The average molecular weight is 292 g/mol. The molecule has 1 saturated heterocycles. The van der Waals surface area contributed by atoms with E-state index in [0.29, 0.717) is 5.92 Å². The van der Waals surface area contributed by atoms with Crippen LogP contribution in [0.3, 0.4) is 0 Å². The summed E-state index contributed by atoms with van der Waals surface area (Å²) in [5, 5.41) is 12.5. The highest BCUT2D eigenvalue weighted by Gasteiger charge is 2.19. The number of aliphatic hydroxyl groups is 1. The highest BCUT2D eigenvalue weighted by atomic mass is 16.3. The number of pyridine rings is 1. The molecule has 0 saturated carbocycles. The van der Waals surface area contributed by atoms with Crippen molar-refractivity contribution >= 4 is 5.82 Å². The highest BCUT2D eigenvalue weighted by molar-refractivity contribution is 5.47. The number of aromatic nitrogens is 1. The van der Waals surface area contributed by atoms with Crippen molar-refractivity contribution in [2.24, 2.45) is 5.92 Å². The second-order valence-corrected chi connectivity index (χ2v) is 6.06. The third kappa shape index (κ3) is 4.95. The van der Waals surface area contributed by atoms with Crippen LogP contribution in [0, 0.1) is 5.92 Å². The zero-order valence-corrected chi connectivity index (χ0v) is 13.3. The Morgan fingerprint density at radius 2 is 2.05 bits per heavy atom. The fourth-order valence-electron chi connectivity index (χ4n) is 2.67. The number of aliphatic hydroxyl groups excluding tert-OH is 1. The van der Waals surface area contributed by atoms with Crippen LogP contribution in [0.5, 0.6) is 0 Å². The molecule has 21 heavy (non-hydrogen) atoms. The summed E-state index contributed by atoms with van der Waals surface area (Å²) in [6, 6.07) is 4.17. The molecule has 118 valence electrons. The Bertz CT molecular complexity index is 416. The van der Waals surface area contributed by atoms with E-state index in [1.165, 1.54) is 5.56 Å². The Kier molecular flexibility index (Phi) is 6.42. The molecule has 0 aromatic carbocycles. The van der Waals surface area contributed by atoms with Crippen molar-refractivity contribution in [3.63, 3.8) is 0 Å². The number of hydrogen-bond donors (Lipinski definition) is 2. The zero-order chi connectivity index (χ0) is 15.1. The number of piperazine rings is 1. The maximum Gasteiger partial charge on any atom is 0.133 e. The van der Waals surface area contributed by atoms with Crippen LogP contribution in [-0.4, -0.2) is 60.9 Å². The summed E-state index contributed by atoms with van der Waals surface area (Å²) in [6.45, 7) is 11.3. The predicted octanol–water partition coefficient (Wildman–Crippen LogP) is 0.941. The molecule has 0 aliphatic carbocycles. The van der Waals surface area contributed by atoms with Crippen molar-refractivity contribution in [2.75, 3.05) is 50.8 Å². The third-order valence-corrected chi connectivity index (χ3v) is 3.82. The molecule has 1 aliphatic rings. The van der Waals surface area contributed by atoms with E-state index in [2.05, 4.69) is 40.0 Å². The maximum atomic E-state index is 9.01. The van der Waals surface area contributed by atoms with Gasteiger partial charge in [-0.15, -0.1) is 0 Å². The fourth-order valence-corrected chi connectivity index (χ4v) is 2.67. The summed E-state index contributed by atoms with van der Waals surface area (Å²) in [4.78, 5) is 9.25. The van der Waals surface area contributed by atoms with Crippen LogP contribution >= 0.6 is 0 Å². The van der Waals surface area contributed by atoms with Crippen LogP contribution < -0.4 is 10.2 Å². The number of anilines is 1. The molecule has 2 rings (SSSR count). The molecule has 1 aromatic heterocycles. The first kappa shape index (κ1) is 16.2. The summed E-state index contributed by atoms with van der Waals surface area (Å²) in [6.07, 6.45) is 1.88. The topological polar surface area (TPSA) is 51.6 Å². The van der Waals surface area contributed by atoms with Crippen LogP contribution in [0.2, 0.25) is 0 Å². The minimum absolute atomic E-state index is 0.244. The lowest BCUT2D eigenvalue weighted by atomic mass is 10.2.